The normalized spacial score (nSPS) is 10.1. The van der Waals surface area contributed by atoms with Gasteiger partial charge in [0, 0.05) is 11.6 Å². The summed E-state index contributed by atoms with van der Waals surface area (Å²) in [6.45, 7) is 2.26. The molecule has 0 unspecified atom stereocenters. The number of halogens is 2. The number of nitrogens with one attached hydrogen (secondary N) is 1. The Bertz CT molecular complexity index is 703. The highest BCUT2D eigenvalue weighted by Gasteiger charge is 2.19. The Kier molecular flexibility index (Phi) is 4.28. The van der Waals surface area contributed by atoms with E-state index in [1.54, 1.807) is 25.1 Å². The van der Waals surface area contributed by atoms with Crippen LogP contribution in [0.1, 0.15) is 23.0 Å². The number of aromatic nitrogens is 2. The molecule has 2 rings (SSSR count). The number of nitrogens with zero attached hydrogens (tertiary/aromatic N) is 3. The van der Waals surface area contributed by atoms with Gasteiger partial charge in [-0.25, -0.2) is 4.68 Å². The van der Waals surface area contributed by atoms with Gasteiger partial charge in [-0.15, -0.1) is 0 Å². The Morgan fingerprint density at radius 3 is 2.85 bits per heavy atom. The van der Waals surface area contributed by atoms with E-state index in [-0.39, 0.29) is 17.2 Å². The van der Waals surface area contributed by atoms with E-state index in [1.807, 2.05) is 6.07 Å². The van der Waals surface area contributed by atoms with Crippen LogP contribution in [0, 0.1) is 11.3 Å². The van der Waals surface area contributed by atoms with Crippen LogP contribution in [-0.2, 0) is 0 Å². The number of carbonyl (C=O) groups is 1. The fourth-order valence-electron chi connectivity index (χ4n) is 1.71. The van der Waals surface area contributed by atoms with Crippen LogP contribution >= 0.6 is 23.2 Å². The molecule has 1 N–H and O–H groups in total. The molecule has 0 saturated carbocycles. The zero-order valence-electron chi connectivity index (χ0n) is 10.5. The van der Waals surface area contributed by atoms with Crippen molar-refractivity contribution >= 4 is 29.1 Å². The fraction of sp³-hybridized carbons (Fsp3) is 0.154. The van der Waals surface area contributed by atoms with Crippen molar-refractivity contribution in [2.24, 2.45) is 0 Å². The van der Waals surface area contributed by atoms with Gasteiger partial charge < -0.3 is 5.32 Å². The third kappa shape index (κ3) is 2.62. The van der Waals surface area contributed by atoms with Gasteiger partial charge in [0.1, 0.15) is 6.07 Å². The minimum absolute atomic E-state index is 0.125. The molecule has 1 aromatic carbocycles. The molecule has 0 bridgehead atoms. The number of carbonyl (C=O) groups excluding carboxylic acids is 1. The summed E-state index contributed by atoms with van der Waals surface area (Å²) in [5.41, 5.74) is 0.823. The largest absolute Gasteiger partial charge is 0.352 e. The van der Waals surface area contributed by atoms with E-state index in [0.29, 0.717) is 22.3 Å². The maximum atomic E-state index is 11.8. The van der Waals surface area contributed by atoms with E-state index >= 15 is 0 Å². The van der Waals surface area contributed by atoms with E-state index in [1.165, 1.54) is 10.9 Å². The summed E-state index contributed by atoms with van der Waals surface area (Å²) >= 11 is 11.9. The van der Waals surface area contributed by atoms with Crippen molar-refractivity contribution in [3.63, 3.8) is 0 Å². The zero-order valence-corrected chi connectivity index (χ0v) is 12.0. The number of rotatable bonds is 3. The Labute approximate surface area is 125 Å². The van der Waals surface area contributed by atoms with Gasteiger partial charge in [0.15, 0.2) is 5.69 Å². The van der Waals surface area contributed by atoms with E-state index < -0.39 is 0 Å². The fourth-order valence-corrected chi connectivity index (χ4v) is 2.20. The molecule has 1 aromatic heterocycles. The molecular weight excluding hydrogens is 299 g/mol. The monoisotopic (exact) mass is 308 g/mol. The van der Waals surface area contributed by atoms with Crippen molar-refractivity contribution in [1.29, 1.82) is 5.26 Å². The van der Waals surface area contributed by atoms with Crippen molar-refractivity contribution in [3.8, 4) is 11.8 Å². The summed E-state index contributed by atoms with van der Waals surface area (Å²) in [5, 5.41) is 16.8. The Hall–Kier alpha value is -2.03. The second-order valence-electron chi connectivity index (χ2n) is 3.89. The molecule has 2 aromatic rings. The lowest BCUT2D eigenvalue weighted by Gasteiger charge is -2.06. The van der Waals surface area contributed by atoms with Gasteiger partial charge in [-0.2, -0.15) is 10.4 Å². The van der Waals surface area contributed by atoms with Crippen molar-refractivity contribution in [1.82, 2.24) is 15.1 Å². The van der Waals surface area contributed by atoms with Gasteiger partial charge in [-0.05, 0) is 25.1 Å². The first-order valence-electron chi connectivity index (χ1n) is 5.80. The van der Waals surface area contributed by atoms with Gasteiger partial charge in [0.25, 0.3) is 5.91 Å². The van der Waals surface area contributed by atoms with Gasteiger partial charge >= 0.3 is 0 Å². The van der Waals surface area contributed by atoms with Crippen LogP contribution in [0.5, 0.6) is 0 Å². The average Bonchev–Trinajstić information content (AvgIpc) is 2.82. The van der Waals surface area contributed by atoms with Crippen LogP contribution < -0.4 is 5.32 Å². The van der Waals surface area contributed by atoms with Crippen molar-refractivity contribution < 1.29 is 4.79 Å². The number of amides is 1. The number of nitriles is 1. The molecule has 0 atom stereocenters. The number of hydrogen-bond acceptors (Lipinski definition) is 3. The van der Waals surface area contributed by atoms with Gasteiger partial charge in [-0.1, -0.05) is 23.2 Å². The standard InChI is InChI=1S/C13H10Cl2N4O/c1-2-17-13(20)9-7-18-19(12(9)6-16)11-4-3-8(14)5-10(11)15/h3-5,7H,2H2,1H3,(H,17,20). The lowest BCUT2D eigenvalue weighted by molar-refractivity contribution is 0.0955. The van der Waals surface area contributed by atoms with Gasteiger partial charge in [-0.3, -0.25) is 4.79 Å². The minimum atomic E-state index is -0.347. The molecule has 0 radical (unpaired) electrons. The Morgan fingerprint density at radius 1 is 1.50 bits per heavy atom. The van der Waals surface area contributed by atoms with Gasteiger partial charge in [0.05, 0.1) is 22.5 Å². The molecule has 0 spiro atoms. The SMILES string of the molecule is CCNC(=O)c1cnn(-c2ccc(Cl)cc2Cl)c1C#N. The van der Waals surface area contributed by atoms with Crippen LogP contribution in [-0.4, -0.2) is 22.2 Å². The molecule has 5 nitrogen and oxygen atoms in total. The van der Waals surface area contributed by atoms with Gasteiger partial charge in [0.2, 0.25) is 0 Å². The first-order chi connectivity index (χ1) is 9.58. The number of hydrogen-bond donors (Lipinski definition) is 1. The third-order valence-corrected chi connectivity index (χ3v) is 3.13. The molecule has 0 aliphatic carbocycles. The molecule has 102 valence electrons. The second-order valence-corrected chi connectivity index (χ2v) is 4.73. The summed E-state index contributed by atoms with van der Waals surface area (Å²) in [6.07, 6.45) is 1.34. The molecule has 7 heteroatoms. The van der Waals surface area contributed by atoms with Crippen LogP contribution in [0.4, 0.5) is 0 Å². The van der Waals surface area contributed by atoms with Crippen molar-refractivity contribution in [2.75, 3.05) is 6.54 Å². The molecule has 0 saturated heterocycles. The Balaban J connectivity index is 2.54. The predicted molar refractivity (Wildman–Crippen MR) is 76.3 cm³/mol. The molecule has 1 amide bonds. The summed E-state index contributed by atoms with van der Waals surface area (Å²) in [6, 6.07) is 6.80. The third-order valence-electron chi connectivity index (χ3n) is 2.60. The van der Waals surface area contributed by atoms with E-state index in [2.05, 4.69) is 10.4 Å². The summed E-state index contributed by atoms with van der Waals surface area (Å²) in [5.74, 6) is -0.347. The molecule has 0 fully saturated rings. The topological polar surface area (TPSA) is 70.7 Å². The highest BCUT2D eigenvalue weighted by molar-refractivity contribution is 6.35. The van der Waals surface area contributed by atoms with E-state index in [9.17, 15) is 10.1 Å². The second kappa shape index (κ2) is 5.95. The van der Waals surface area contributed by atoms with Crippen LogP contribution in [0.2, 0.25) is 10.0 Å². The quantitative estimate of drug-likeness (QED) is 0.947. The molecule has 1 heterocycles. The molecule has 0 aliphatic heterocycles. The van der Waals surface area contributed by atoms with E-state index in [4.69, 9.17) is 23.2 Å². The minimum Gasteiger partial charge on any atom is -0.352 e. The summed E-state index contributed by atoms with van der Waals surface area (Å²) in [4.78, 5) is 11.8. The van der Waals surface area contributed by atoms with Crippen molar-refractivity contribution in [3.05, 3.63) is 45.7 Å². The highest BCUT2D eigenvalue weighted by atomic mass is 35.5. The number of benzene rings is 1. The first-order valence-corrected chi connectivity index (χ1v) is 6.55. The predicted octanol–water partition coefficient (Wildman–Crippen LogP) is 2.80. The summed E-state index contributed by atoms with van der Waals surface area (Å²) in [7, 11) is 0. The molecule has 0 aliphatic rings. The molecule has 20 heavy (non-hydrogen) atoms. The lowest BCUT2D eigenvalue weighted by Crippen LogP contribution is -2.23. The van der Waals surface area contributed by atoms with Crippen molar-refractivity contribution in [2.45, 2.75) is 6.92 Å². The first kappa shape index (κ1) is 14.4. The Morgan fingerprint density at radius 2 is 2.25 bits per heavy atom. The summed E-state index contributed by atoms with van der Waals surface area (Å²) < 4.78 is 1.32. The maximum Gasteiger partial charge on any atom is 0.255 e. The average molecular weight is 309 g/mol. The smallest absolute Gasteiger partial charge is 0.255 e. The van der Waals surface area contributed by atoms with Crippen LogP contribution in [0.3, 0.4) is 0 Å². The lowest BCUT2D eigenvalue weighted by atomic mass is 10.2. The highest BCUT2D eigenvalue weighted by Crippen LogP contribution is 2.25. The maximum absolute atomic E-state index is 11.8. The van der Waals surface area contributed by atoms with E-state index in [0.717, 1.165) is 0 Å². The van der Waals surface area contributed by atoms with Crippen LogP contribution in [0.15, 0.2) is 24.4 Å². The van der Waals surface area contributed by atoms with Crippen LogP contribution in [0.25, 0.3) is 5.69 Å². The zero-order chi connectivity index (χ0) is 14.7. The molecular formula is C13H10Cl2N4O.